The van der Waals surface area contributed by atoms with E-state index in [0.29, 0.717) is 0 Å². The summed E-state index contributed by atoms with van der Waals surface area (Å²) in [6, 6.07) is 0. The Labute approximate surface area is 76.2 Å². The smallest absolute Gasteiger partial charge is 1.00 e. The standard InChI is InChI=1S/K.H2O3S.H/c;1-4(2)3;/h;(H2,1,2,3);/q+1;;-1/p-1. The van der Waals surface area contributed by atoms with E-state index in [1.165, 1.54) is 0 Å². The molecule has 3 nitrogen and oxygen atoms in total. The van der Waals surface area contributed by atoms with Gasteiger partial charge in [0.2, 0.25) is 0 Å². The fourth-order valence-electron chi connectivity index (χ4n) is 0. The van der Waals surface area contributed by atoms with Crippen molar-refractivity contribution in [1.29, 1.82) is 0 Å². The van der Waals surface area contributed by atoms with Gasteiger partial charge in [-0.05, 0) is 0 Å². The molecule has 1 N–H and O–H groups in total. The molecule has 0 aromatic rings. The van der Waals surface area contributed by atoms with Gasteiger partial charge in [0.1, 0.15) is 0 Å². The zero-order valence-corrected chi connectivity index (χ0v) is 6.61. The van der Waals surface area contributed by atoms with Crippen molar-refractivity contribution in [2.24, 2.45) is 0 Å². The second-order valence-electron chi connectivity index (χ2n) is 0.217. The van der Waals surface area contributed by atoms with Crippen molar-refractivity contribution >= 4 is 11.4 Å². The minimum Gasteiger partial charge on any atom is -1.00 e. The van der Waals surface area contributed by atoms with Crippen LogP contribution in [-0.2, 0) is 11.4 Å². The van der Waals surface area contributed by atoms with Crippen LogP contribution in [0.25, 0.3) is 0 Å². The summed E-state index contributed by atoms with van der Waals surface area (Å²) in [6.07, 6.45) is 0. The molecule has 1 unspecified atom stereocenters. The first-order chi connectivity index (χ1) is 1.73. The number of hydrogen-bond acceptors (Lipinski definition) is 2. The third-order valence-corrected chi connectivity index (χ3v) is 0. The second kappa shape index (κ2) is 5.71. The molecule has 0 bridgehead atoms. The summed E-state index contributed by atoms with van der Waals surface area (Å²) in [6.45, 7) is 0. The minimum atomic E-state index is -2.86. The van der Waals surface area contributed by atoms with Crippen molar-refractivity contribution in [3.8, 4) is 0 Å². The van der Waals surface area contributed by atoms with Crippen LogP contribution in [0.1, 0.15) is 1.43 Å². The number of hydrogen-bond donors (Lipinski definition) is 1. The Hall–Kier alpha value is 1.71. The van der Waals surface area contributed by atoms with Crippen molar-refractivity contribution in [2.45, 2.75) is 0 Å². The van der Waals surface area contributed by atoms with Gasteiger partial charge in [-0.3, -0.25) is 0 Å². The second-order valence-corrected chi connectivity index (χ2v) is 0.651. The van der Waals surface area contributed by atoms with Crippen LogP contribution < -0.4 is 51.4 Å². The first-order valence-corrected chi connectivity index (χ1v) is 1.55. The van der Waals surface area contributed by atoms with E-state index in [4.69, 9.17) is 13.3 Å². The van der Waals surface area contributed by atoms with Crippen molar-refractivity contribution in [3.63, 3.8) is 0 Å². The predicted molar refractivity (Wildman–Crippen MR) is 12.7 cm³/mol. The number of rotatable bonds is 0. The molecule has 0 spiro atoms. The van der Waals surface area contributed by atoms with Gasteiger partial charge in [-0.2, -0.15) is 0 Å². The Morgan fingerprint density at radius 1 is 2.00 bits per heavy atom. The fourth-order valence-corrected chi connectivity index (χ4v) is 0. The van der Waals surface area contributed by atoms with Gasteiger partial charge in [0.25, 0.3) is 0 Å². The molecule has 0 aromatic carbocycles. The van der Waals surface area contributed by atoms with E-state index in [-0.39, 0.29) is 52.8 Å². The van der Waals surface area contributed by atoms with Crippen molar-refractivity contribution in [1.82, 2.24) is 0 Å². The average Bonchev–Trinajstić information content (AvgIpc) is 0.811. The molecular formula is H2KO3S-. The third kappa shape index (κ3) is 26.9. The largest absolute Gasteiger partial charge is 1.00 e. The zero-order valence-electron chi connectivity index (χ0n) is 3.67. The Morgan fingerprint density at radius 2 is 2.00 bits per heavy atom. The van der Waals surface area contributed by atoms with E-state index in [1.54, 1.807) is 0 Å². The van der Waals surface area contributed by atoms with Crippen LogP contribution >= 0.6 is 0 Å². The molecule has 0 fully saturated rings. The zero-order chi connectivity index (χ0) is 3.58. The maximum atomic E-state index is 8.56. The quantitative estimate of drug-likeness (QED) is 0.267. The molecular weight excluding hydrogens is 119 g/mol. The van der Waals surface area contributed by atoms with Crippen LogP contribution in [0.15, 0.2) is 0 Å². The van der Waals surface area contributed by atoms with Crippen LogP contribution in [0, 0.1) is 0 Å². The topological polar surface area (TPSA) is 60.4 Å². The molecule has 0 rings (SSSR count). The van der Waals surface area contributed by atoms with Crippen LogP contribution in [0.2, 0.25) is 0 Å². The SMILES string of the molecule is O=S([O-])O.[H-].[K+]. The molecule has 0 aliphatic rings. The van der Waals surface area contributed by atoms with E-state index < -0.39 is 11.4 Å². The molecule has 0 heterocycles. The third-order valence-electron chi connectivity index (χ3n) is 0. The van der Waals surface area contributed by atoms with Gasteiger partial charge >= 0.3 is 51.4 Å². The van der Waals surface area contributed by atoms with Crippen molar-refractivity contribution < 1.29 is 66.1 Å². The monoisotopic (exact) mass is 121 g/mol. The Balaban J connectivity index is -0.0000000450. The van der Waals surface area contributed by atoms with Crippen LogP contribution in [0.3, 0.4) is 0 Å². The predicted octanol–water partition coefficient (Wildman–Crippen LogP) is -3.54. The van der Waals surface area contributed by atoms with Gasteiger partial charge < -0.3 is 10.5 Å². The van der Waals surface area contributed by atoms with Gasteiger partial charge in [0.15, 0.2) is 0 Å². The molecule has 1 atom stereocenters. The summed E-state index contributed by atoms with van der Waals surface area (Å²) < 4.78 is 24.1. The molecule has 0 saturated heterocycles. The van der Waals surface area contributed by atoms with E-state index in [2.05, 4.69) is 0 Å². The van der Waals surface area contributed by atoms with Gasteiger partial charge in [0, 0.05) is 0 Å². The van der Waals surface area contributed by atoms with Crippen molar-refractivity contribution in [2.75, 3.05) is 0 Å². The van der Waals surface area contributed by atoms with E-state index in [9.17, 15) is 0 Å². The molecule has 0 aliphatic heterocycles. The Bertz CT molecular complexity index is 33.8. The molecule has 0 radical (unpaired) electrons. The first-order valence-electron chi connectivity index (χ1n) is 0.516. The summed E-state index contributed by atoms with van der Waals surface area (Å²) in [7, 11) is 0. The summed E-state index contributed by atoms with van der Waals surface area (Å²) in [4.78, 5) is 0. The van der Waals surface area contributed by atoms with Crippen LogP contribution in [0.5, 0.6) is 0 Å². The van der Waals surface area contributed by atoms with Crippen molar-refractivity contribution in [3.05, 3.63) is 0 Å². The van der Waals surface area contributed by atoms with Gasteiger partial charge in [-0.25, -0.2) is 4.21 Å². The summed E-state index contributed by atoms with van der Waals surface area (Å²) in [5, 5.41) is 0. The fraction of sp³-hybridized carbons (Fsp3) is 0. The van der Waals surface area contributed by atoms with Crippen LogP contribution in [-0.4, -0.2) is 13.3 Å². The minimum absolute atomic E-state index is 0. The molecule has 0 saturated carbocycles. The maximum Gasteiger partial charge on any atom is 1.00 e. The van der Waals surface area contributed by atoms with E-state index in [1.807, 2.05) is 0 Å². The van der Waals surface area contributed by atoms with E-state index >= 15 is 0 Å². The Kier molecular flexibility index (Phi) is 11.3. The maximum absolute atomic E-state index is 8.56. The first kappa shape index (κ1) is 9.86. The average molecular weight is 121 g/mol. The molecule has 0 aromatic heterocycles. The summed E-state index contributed by atoms with van der Waals surface area (Å²) in [5.74, 6) is 0. The van der Waals surface area contributed by atoms with Gasteiger partial charge in [-0.15, -0.1) is 0 Å². The molecule has 0 aliphatic carbocycles. The summed E-state index contributed by atoms with van der Waals surface area (Å²) >= 11 is -2.86. The Morgan fingerprint density at radius 3 is 2.00 bits per heavy atom. The molecule has 28 valence electrons. The molecule has 5 heteroatoms. The van der Waals surface area contributed by atoms with Crippen LogP contribution in [0.4, 0.5) is 0 Å². The summed E-state index contributed by atoms with van der Waals surface area (Å²) in [5.41, 5.74) is 0. The van der Waals surface area contributed by atoms with E-state index in [0.717, 1.165) is 0 Å². The van der Waals surface area contributed by atoms with Gasteiger partial charge in [-0.1, -0.05) is 0 Å². The molecule has 5 heavy (non-hydrogen) atoms. The van der Waals surface area contributed by atoms with Gasteiger partial charge in [0.05, 0.1) is 11.4 Å². The normalized spacial score (nSPS) is 12.4. The molecule has 0 amide bonds.